The average Bonchev–Trinajstić information content (AvgIpc) is 2.82. The number of carbonyl (C=O) groups is 4. The lowest BCUT2D eigenvalue weighted by Crippen LogP contribution is -2.54. The highest BCUT2D eigenvalue weighted by Gasteiger charge is 2.35. The Morgan fingerprint density at radius 2 is 2.00 bits per heavy atom. The molecule has 3 amide bonds. The van der Waals surface area contributed by atoms with E-state index in [-0.39, 0.29) is 24.0 Å². The number of primary amides is 1. The molecular weight excluding hydrogens is 262 g/mol. The van der Waals surface area contributed by atoms with Crippen LogP contribution in [0.25, 0.3) is 0 Å². The van der Waals surface area contributed by atoms with Crippen molar-refractivity contribution >= 4 is 23.5 Å². The van der Waals surface area contributed by atoms with Gasteiger partial charge in [-0.1, -0.05) is 0 Å². The molecule has 110 valence electrons. The summed E-state index contributed by atoms with van der Waals surface area (Å²) in [6, 6.07) is -1.45. The number of carbonyl (C=O) groups excluding carboxylic acids is 4. The van der Waals surface area contributed by atoms with Crippen LogP contribution in [0.2, 0.25) is 0 Å². The summed E-state index contributed by atoms with van der Waals surface area (Å²) in [6.07, 6.45) is 2.92. The predicted molar refractivity (Wildman–Crippen MR) is 69.3 cm³/mol. The van der Waals surface area contributed by atoms with Crippen LogP contribution in [0.1, 0.15) is 38.5 Å². The normalized spacial score (nSPS) is 27.8. The van der Waals surface area contributed by atoms with Gasteiger partial charge in [-0.05, 0) is 25.2 Å². The molecule has 0 aromatic rings. The van der Waals surface area contributed by atoms with Crippen molar-refractivity contribution in [2.24, 2.45) is 11.7 Å². The first-order valence-electron chi connectivity index (χ1n) is 6.88. The number of ketones is 1. The van der Waals surface area contributed by atoms with Gasteiger partial charge in [-0.15, -0.1) is 0 Å². The van der Waals surface area contributed by atoms with Crippen molar-refractivity contribution in [1.29, 1.82) is 0 Å². The van der Waals surface area contributed by atoms with E-state index in [0.29, 0.717) is 32.1 Å². The molecule has 20 heavy (non-hydrogen) atoms. The van der Waals surface area contributed by atoms with Gasteiger partial charge in [0, 0.05) is 19.3 Å². The van der Waals surface area contributed by atoms with Crippen LogP contribution in [0.3, 0.4) is 0 Å². The molecule has 2 fully saturated rings. The van der Waals surface area contributed by atoms with E-state index in [1.165, 1.54) is 0 Å². The van der Waals surface area contributed by atoms with Gasteiger partial charge in [0.2, 0.25) is 17.7 Å². The molecule has 0 bridgehead atoms. The number of amides is 3. The van der Waals surface area contributed by atoms with E-state index in [1.54, 1.807) is 0 Å². The number of nitrogens with one attached hydrogen (secondary N) is 2. The molecule has 1 saturated carbocycles. The molecule has 4 N–H and O–H groups in total. The van der Waals surface area contributed by atoms with E-state index in [1.807, 2.05) is 0 Å². The number of hydrogen-bond acceptors (Lipinski definition) is 4. The highest BCUT2D eigenvalue weighted by atomic mass is 16.2. The van der Waals surface area contributed by atoms with Gasteiger partial charge in [-0.2, -0.15) is 0 Å². The molecule has 7 nitrogen and oxygen atoms in total. The monoisotopic (exact) mass is 281 g/mol. The maximum absolute atomic E-state index is 12.0. The Morgan fingerprint density at radius 3 is 2.55 bits per heavy atom. The van der Waals surface area contributed by atoms with Crippen molar-refractivity contribution < 1.29 is 19.2 Å². The van der Waals surface area contributed by atoms with E-state index < -0.39 is 23.9 Å². The van der Waals surface area contributed by atoms with E-state index in [9.17, 15) is 19.2 Å². The van der Waals surface area contributed by atoms with E-state index in [0.717, 1.165) is 0 Å². The second kappa shape index (κ2) is 6.02. The van der Waals surface area contributed by atoms with Gasteiger partial charge < -0.3 is 16.4 Å². The van der Waals surface area contributed by atoms with Crippen LogP contribution in [0.15, 0.2) is 0 Å². The summed E-state index contributed by atoms with van der Waals surface area (Å²) in [6.45, 7) is 0. The highest BCUT2D eigenvalue weighted by molar-refractivity contribution is 5.94. The zero-order valence-electron chi connectivity index (χ0n) is 11.2. The fraction of sp³-hybridized carbons (Fsp3) is 0.692. The van der Waals surface area contributed by atoms with Gasteiger partial charge in [0.25, 0.3) is 0 Å². The minimum atomic E-state index is -0.843. The first-order valence-corrected chi connectivity index (χ1v) is 6.88. The van der Waals surface area contributed by atoms with Crippen molar-refractivity contribution in [3.05, 3.63) is 0 Å². The number of rotatable bonds is 4. The lowest BCUT2D eigenvalue weighted by atomic mass is 9.82. The molecular formula is C13H19N3O4. The van der Waals surface area contributed by atoms with Crippen molar-refractivity contribution in [2.75, 3.05) is 0 Å². The van der Waals surface area contributed by atoms with Crippen molar-refractivity contribution in [1.82, 2.24) is 10.6 Å². The third kappa shape index (κ3) is 3.34. The third-order valence-electron chi connectivity index (χ3n) is 3.91. The fourth-order valence-corrected chi connectivity index (χ4v) is 2.83. The van der Waals surface area contributed by atoms with Gasteiger partial charge in [0.15, 0.2) is 0 Å². The maximum atomic E-state index is 12.0. The first kappa shape index (κ1) is 14.5. The predicted octanol–water partition coefficient (Wildman–Crippen LogP) is -1.01. The number of nitrogens with two attached hydrogens (primary N) is 1. The first-order chi connectivity index (χ1) is 9.47. The van der Waals surface area contributed by atoms with Gasteiger partial charge in [-0.3, -0.25) is 19.2 Å². The Balaban J connectivity index is 1.98. The topological polar surface area (TPSA) is 118 Å². The Bertz CT molecular complexity index is 449. The summed E-state index contributed by atoms with van der Waals surface area (Å²) >= 11 is 0. The van der Waals surface area contributed by atoms with Crippen LogP contribution in [0.5, 0.6) is 0 Å². The molecule has 0 unspecified atom stereocenters. The third-order valence-corrected chi connectivity index (χ3v) is 3.91. The molecule has 0 radical (unpaired) electrons. The summed E-state index contributed by atoms with van der Waals surface area (Å²) in [5.74, 6) is -1.36. The standard InChI is InChI=1S/C13H19N3O4/c14-12(19)11(7-2-1-3-8(17)6-7)16-13(20)9-4-5-10(18)15-9/h7,9,11H,1-6H2,(H2,14,19)(H,15,18)(H,16,20)/t7-,9-,11-/m1/s1. The molecule has 7 heteroatoms. The molecule has 0 aromatic heterocycles. The quantitative estimate of drug-likeness (QED) is 0.612. The van der Waals surface area contributed by atoms with E-state index >= 15 is 0 Å². The van der Waals surface area contributed by atoms with Crippen molar-refractivity contribution in [3.8, 4) is 0 Å². The molecule has 0 aromatic carbocycles. The second-order valence-corrected chi connectivity index (χ2v) is 5.44. The molecule has 3 atom stereocenters. The Labute approximate surface area is 116 Å². The highest BCUT2D eigenvalue weighted by Crippen LogP contribution is 2.24. The maximum Gasteiger partial charge on any atom is 0.243 e. The zero-order valence-corrected chi connectivity index (χ0v) is 11.2. The minimum absolute atomic E-state index is 0.0934. The summed E-state index contributed by atoms with van der Waals surface area (Å²) in [7, 11) is 0. The van der Waals surface area contributed by atoms with Crippen LogP contribution in [-0.2, 0) is 19.2 Å². The molecule has 0 spiro atoms. The van der Waals surface area contributed by atoms with Crippen LogP contribution >= 0.6 is 0 Å². The molecule has 1 heterocycles. The lowest BCUT2D eigenvalue weighted by molar-refractivity contribution is -0.131. The Hall–Kier alpha value is -1.92. The molecule has 1 aliphatic heterocycles. The largest absolute Gasteiger partial charge is 0.368 e. The lowest BCUT2D eigenvalue weighted by Gasteiger charge is -2.28. The van der Waals surface area contributed by atoms with E-state index in [4.69, 9.17) is 5.73 Å². The van der Waals surface area contributed by atoms with Crippen molar-refractivity contribution in [2.45, 2.75) is 50.6 Å². The summed E-state index contributed by atoms with van der Waals surface area (Å²) < 4.78 is 0. The van der Waals surface area contributed by atoms with Crippen LogP contribution < -0.4 is 16.4 Å². The number of Topliss-reactive ketones (excluding diaryl/α,β-unsaturated/α-hetero) is 1. The Kier molecular flexibility index (Phi) is 4.36. The zero-order chi connectivity index (χ0) is 14.7. The van der Waals surface area contributed by atoms with Crippen LogP contribution in [0, 0.1) is 5.92 Å². The summed E-state index contributed by atoms with van der Waals surface area (Å²) in [5, 5.41) is 5.13. The van der Waals surface area contributed by atoms with Gasteiger partial charge in [-0.25, -0.2) is 0 Å². The van der Waals surface area contributed by atoms with E-state index in [2.05, 4.69) is 10.6 Å². The Morgan fingerprint density at radius 1 is 1.25 bits per heavy atom. The smallest absolute Gasteiger partial charge is 0.243 e. The summed E-state index contributed by atoms with van der Waals surface area (Å²) in [5.41, 5.74) is 5.33. The molecule has 1 aliphatic carbocycles. The minimum Gasteiger partial charge on any atom is -0.368 e. The van der Waals surface area contributed by atoms with Gasteiger partial charge in [0.05, 0.1) is 0 Å². The van der Waals surface area contributed by atoms with Crippen molar-refractivity contribution in [3.63, 3.8) is 0 Å². The average molecular weight is 281 g/mol. The molecule has 1 saturated heterocycles. The summed E-state index contributed by atoms with van der Waals surface area (Å²) in [4.78, 5) is 46.1. The van der Waals surface area contributed by atoms with Gasteiger partial charge in [0.1, 0.15) is 17.9 Å². The molecule has 2 rings (SSSR count). The molecule has 2 aliphatic rings. The van der Waals surface area contributed by atoms with Crippen LogP contribution in [0.4, 0.5) is 0 Å². The SMILES string of the molecule is NC(=O)[C@H](NC(=O)[C@H]1CCC(=O)N1)[C@@H]1CCCC(=O)C1. The van der Waals surface area contributed by atoms with Crippen LogP contribution in [-0.4, -0.2) is 35.6 Å². The fourth-order valence-electron chi connectivity index (χ4n) is 2.83. The number of hydrogen-bond donors (Lipinski definition) is 3. The second-order valence-electron chi connectivity index (χ2n) is 5.44. The van der Waals surface area contributed by atoms with Gasteiger partial charge >= 0.3 is 0 Å².